The highest BCUT2D eigenvalue weighted by atomic mass is 19.1. The fourth-order valence-electron chi connectivity index (χ4n) is 3.28. The summed E-state index contributed by atoms with van der Waals surface area (Å²) in [6.45, 7) is 2.46. The molecule has 1 fully saturated rings. The topological polar surface area (TPSA) is 29.3 Å². The van der Waals surface area contributed by atoms with Gasteiger partial charge in [0.15, 0.2) is 0 Å². The summed E-state index contributed by atoms with van der Waals surface area (Å²) in [6.07, 6.45) is 7.64. The Morgan fingerprint density at radius 1 is 1.20 bits per heavy atom. The minimum absolute atomic E-state index is 0.106. The Balaban J connectivity index is 1.85. The normalized spacial score (nSPS) is 18.4. The van der Waals surface area contributed by atoms with Gasteiger partial charge >= 0.3 is 0 Å². The van der Waals surface area contributed by atoms with E-state index >= 15 is 0 Å². The van der Waals surface area contributed by atoms with Gasteiger partial charge in [-0.2, -0.15) is 0 Å². The lowest BCUT2D eigenvalue weighted by Gasteiger charge is -2.37. The minimum atomic E-state index is -0.106. The maximum Gasteiger partial charge on any atom is 0.127 e. The van der Waals surface area contributed by atoms with Crippen molar-refractivity contribution in [3.8, 4) is 0 Å². The Labute approximate surface area is 122 Å². The van der Waals surface area contributed by atoms with Crippen molar-refractivity contribution in [3.63, 3.8) is 0 Å². The lowest BCUT2D eigenvalue weighted by molar-refractivity contribution is 0.154. The highest BCUT2D eigenvalue weighted by Crippen LogP contribution is 2.38. The number of nitrogens with two attached hydrogens (primary N) is 1. The second kappa shape index (κ2) is 7.19. The van der Waals surface area contributed by atoms with Gasteiger partial charge in [0.25, 0.3) is 0 Å². The van der Waals surface area contributed by atoms with E-state index < -0.39 is 0 Å². The van der Waals surface area contributed by atoms with E-state index in [-0.39, 0.29) is 5.82 Å². The second-order valence-electron chi connectivity index (χ2n) is 6.34. The van der Waals surface area contributed by atoms with Crippen LogP contribution in [0.1, 0.15) is 44.1 Å². The average molecular weight is 278 g/mol. The Morgan fingerprint density at radius 3 is 2.55 bits per heavy atom. The fourth-order valence-corrected chi connectivity index (χ4v) is 3.28. The summed E-state index contributed by atoms with van der Waals surface area (Å²) in [5, 5.41) is 0. The van der Waals surface area contributed by atoms with Crippen LogP contribution in [0.5, 0.6) is 0 Å². The van der Waals surface area contributed by atoms with Crippen LogP contribution >= 0.6 is 0 Å². The maximum absolute atomic E-state index is 13.6. The van der Waals surface area contributed by atoms with Crippen molar-refractivity contribution in [2.45, 2.75) is 45.1 Å². The smallest absolute Gasteiger partial charge is 0.127 e. The molecule has 1 saturated carbocycles. The third kappa shape index (κ3) is 4.03. The molecule has 1 aliphatic rings. The highest BCUT2D eigenvalue weighted by molar-refractivity contribution is 5.16. The molecule has 1 aliphatic carbocycles. The van der Waals surface area contributed by atoms with Gasteiger partial charge in [-0.15, -0.1) is 0 Å². The Bertz CT molecular complexity index is 413. The molecule has 2 nitrogen and oxygen atoms in total. The third-order valence-electron chi connectivity index (χ3n) is 4.77. The van der Waals surface area contributed by atoms with Crippen LogP contribution in [0.15, 0.2) is 24.3 Å². The molecule has 0 atom stereocenters. The van der Waals surface area contributed by atoms with Crippen LogP contribution in [0.25, 0.3) is 0 Å². The standard InChI is InChI=1S/C17H27FN2/c1-20(13-15-7-3-4-8-16(15)18)12-11-17(14-19)9-5-2-6-10-17/h3-4,7-8H,2,5-6,9-14,19H2,1H3. The van der Waals surface area contributed by atoms with Crippen LogP contribution in [0.4, 0.5) is 4.39 Å². The van der Waals surface area contributed by atoms with Crippen molar-refractivity contribution in [2.24, 2.45) is 11.1 Å². The fraction of sp³-hybridized carbons (Fsp3) is 0.647. The summed E-state index contributed by atoms with van der Waals surface area (Å²) in [5.74, 6) is -0.106. The van der Waals surface area contributed by atoms with Crippen LogP contribution < -0.4 is 5.73 Å². The van der Waals surface area contributed by atoms with Gasteiger partial charge in [0, 0.05) is 12.1 Å². The van der Waals surface area contributed by atoms with Crippen LogP contribution in [0.3, 0.4) is 0 Å². The lowest BCUT2D eigenvalue weighted by atomic mass is 9.72. The maximum atomic E-state index is 13.6. The second-order valence-corrected chi connectivity index (χ2v) is 6.34. The van der Waals surface area contributed by atoms with Crippen molar-refractivity contribution in [3.05, 3.63) is 35.6 Å². The van der Waals surface area contributed by atoms with Gasteiger partial charge in [-0.1, -0.05) is 37.5 Å². The molecule has 1 aromatic carbocycles. The molecule has 0 unspecified atom stereocenters. The monoisotopic (exact) mass is 278 g/mol. The predicted octanol–water partition coefficient (Wildman–Crippen LogP) is 3.56. The van der Waals surface area contributed by atoms with Gasteiger partial charge < -0.3 is 10.6 Å². The molecule has 20 heavy (non-hydrogen) atoms. The van der Waals surface area contributed by atoms with E-state index in [0.717, 1.165) is 25.1 Å². The summed E-state index contributed by atoms with van der Waals surface area (Å²) >= 11 is 0. The van der Waals surface area contributed by atoms with E-state index in [0.29, 0.717) is 12.0 Å². The van der Waals surface area contributed by atoms with Gasteiger partial charge in [-0.3, -0.25) is 0 Å². The number of nitrogens with zero attached hydrogens (tertiary/aromatic N) is 1. The number of benzene rings is 1. The molecule has 0 bridgehead atoms. The quantitative estimate of drug-likeness (QED) is 0.862. The minimum Gasteiger partial charge on any atom is -0.330 e. The zero-order valence-corrected chi connectivity index (χ0v) is 12.6. The lowest BCUT2D eigenvalue weighted by Crippen LogP contribution is -2.36. The van der Waals surface area contributed by atoms with Gasteiger partial charge in [0.2, 0.25) is 0 Å². The van der Waals surface area contributed by atoms with Crippen molar-refractivity contribution in [2.75, 3.05) is 20.1 Å². The van der Waals surface area contributed by atoms with Crippen molar-refractivity contribution in [1.29, 1.82) is 0 Å². The molecular weight excluding hydrogens is 251 g/mol. The molecule has 0 heterocycles. The summed E-state index contributed by atoms with van der Waals surface area (Å²) in [7, 11) is 2.07. The summed E-state index contributed by atoms with van der Waals surface area (Å²) < 4.78 is 13.6. The number of hydrogen-bond acceptors (Lipinski definition) is 2. The van der Waals surface area contributed by atoms with Gasteiger partial charge in [0.1, 0.15) is 5.82 Å². The molecular formula is C17H27FN2. The highest BCUT2D eigenvalue weighted by Gasteiger charge is 2.30. The Morgan fingerprint density at radius 2 is 1.90 bits per heavy atom. The zero-order chi connectivity index (χ0) is 14.4. The molecule has 0 amide bonds. The molecule has 3 heteroatoms. The molecule has 0 spiro atoms. The van der Waals surface area contributed by atoms with E-state index in [2.05, 4.69) is 11.9 Å². The van der Waals surface area contributed by atoms with Crippen LogP contribution in [-0.4, -0.2) is 25.0 Å². The van der Waals surface area contributed by atoms with Crippen LogP contribution in [0, 0.1) is 11.2 Å². The van der Waals surface area contributed by atoms with E-state index in [1.54, 1.807) is 6.07 Å². The predicted molar refractivity (Wildman–Crippen MR) is 81.9 cm³/mol. The molecule has 0 radical (unpaired) electrons. The summed E-state index contributed by atoms with van der Waals surface area (Å²) in [4.78, 5) is 2.21. The van der Waals surface area contributed by atoms with Crippen LogP contribution in [-0.2, 0) is 6.54 Å². The molecule has 1 aromatic rings. The van der Waals surface area contributed by atoms with E-state index in [9.17, 15) is 4.39 Å². The van der Waals surface area contributed by atoms with Gasteiger partial charge in [0.05, 0.1) is 0 Å². The Kier molecular flexibility index (Phi) is 5.55. The van der Waals surface area contributed by atoms with Gasteiger partial charge in [-0.05, 0) is 50.9 Å². The number of rotatable bonds is 6. The summed E-state index contributed by atoms with van der Waals surface area (Å²) in [5.41, 5.74) is 7.14. The molecule has 2 rings (SSSR count). The first-order chi connectivity index (χ1) is 9.65. The van der Waals surface area contributed by atoms with Gasteiger partial charge in [-0.25, -0.2) is 4.39 Å². The first kappa shape index (κ1) is 15.5. The third-order valence-corrected chi connectivity index (χ3v) is 4.77. The Hall–Kier alpha value is -0.930. The molecule has 0 aromatic heterocycles. The van der Waals surface area contributed by atoms with Crippen molar-refractivity contribution >= 4 is 0 Å². The largest absolute Gasteiger partial charge is 0.330 e. The molecule has 112 valence electrons. The SMILES string of the molecule is CN(CCC1(CN)CCCCC1)Cc1ccccc1F. The molecule has 0 aliphatic heterocycles. The van der Waals surface area contributed by atoms with E-state index in [1.807, 2.05) is 12.1 Å². The van der Waals surface area contributed by atoms with Crippen LogP contribution in [0.2, 0.25) is 0 Å². The number of hydrogen-bond donors (Lipinski definition) is 1. The van der Waals surface area contributed by atoms with Crippen molar-refractivity contribution < 1.29 is 4.39 Å². The zero-order valence-electron chi connectivity index (χ0n) is 12.6. The molecule has 0 saturated heterocycles. The summed E-state index contributed by atoms with van der Waals surface area (Å²) in [6, 6.07) is 7.04. The number of halogens is 1. The van der Waals surface area contributed by atoms with E-state index in [1.165, 1.54) is 38.2 Å². The van der Waals surface area contributed by atoms with Crippen molar-refractivity contribution in [1.82, 2.24) is 4.90 Å². The first-order valence-electron chi connectivity index (χ1n) is 7.77. The molecule has 2 N–H and O–H groups in total. The average Bonchev–Trinajstić information content (AvgIpc) is 2.49. The van der Waals surface area contributed by atoms with E-state index in [4.69, 9.17) is 5.73 Å². The first-order valence-corrected chi connectivity index (χ1v) is 7.77.